The zero-order valence-corrected chi connectivity index (χ0v) is 17.8. The summed E-state index contributed by atoms with van der Waals surface area (Å²) < 4.78 is 14.8. The minimum absolute atomic E-state index is 0.0782. The zero-order chi connectivity index (χ0) is 22.2. The normalized spacial score (nSPS) is 21.8. The SMILES string of the molecule is Cc1cc(CNC(=O)c2cc(C(=O)NCC3C[C@H]4CC[C@@H]3C4)n3ncnc3n2)ccc1F. The first-order valence-electron chi connectivity index (χ1n) is 11.0. The second-order valence-corrected chi connectivity index (χ2v) is 8.91. The van der Waals surface area contributed by atoms with Crippen molar-refractivity contribution in [3.8, 4) is 0 Å². The molecule has 32 heavy (non-hydrogen) atoms. The first-order chi connectivity index (χ1) is 15.5. The van der Waals surface area contributed by atoms with Crippen molar-refractivity contribution in [3.05, 3.63) is 58.9 Å². The van der Waals surface area contributed by atoms with Gasteiger partial charge in [-0.25, -0.2) is 9.37 Å². The van der Waals surface area contributed by atoms with Crippen LogP contribution in [0.1, 0.15) is 57.8 Å². The van der Waals surface area contributed by atoms with Gasteiger partial charge >= 0.3 is 0 Å². The molecular weight excluding hydrogens is 411 g/mol. The van der Waals surface area contributed by atoms with Crippen molar-refractivity contribution in [3.63, 3.8) is 0 Å². The number of fused-ring (bicyclic) bond motifs is 3. The predicted molar refractivity (Wildman–Crippen MR) is 114 cm³/mol. The van der Waals surface area contributed by atoms with E-state index in [1.165, 1.54) is 48.7 Å². The molecule has 3 aromatic rings. The summed E-state index contributed by atoms with van der Waals surface area (Å²) >= 11 is 0. The van der Waals surface area contributed by atoms with Crippen LogP contribution in [0.2, 0.25) is 0 Å². The fraction of sp³-hybridized carbons (Fsp3) is 0.435. The second kappa shape index (κ2) is 8.29. The molecule has 2 amide bonds. The van der Waals surface area contributed by atoms with Gasteiger partial charge in [0.25, 0.3) is 17.6 Å². The van der Waals surface area contributed by atoms with Crippen LogP contribution >= 0.6 is 0 Å². The van der Waals surface area contributed by atoms with E-state index in [9.17, 15) is 14.0 Å². The largest absolute Gasteiger partial charge is 0.350 e. The summed E-state index contributed by atoms with van der Waals surface area (Å²) in [6, 6.07) is 6.10. The highest BCUT2D eigenvalue weighted by molar-refractivity contribution is 5.98. The molecule has 0 saturated heterocycles. The molecule has 1 unspecified atom stereocenters. The molecule has 5 rings (SSSR count). The Balaban J connectivity index is 1.30. The molecule has 0 aliphatic heterocycles. The maximum atomic E-state index is 13.5. The molecule has 0 radical (unpaired) electrons. The highest BCUT2D eigenvalue weighted by atomic mass is 19.1. The van der Waals surface area contributed by atoms with Crippen molar-refractivity contribution in [2.24, 2.45) is 17.8 Å². The van der Waals surface area contributed by atoms with Gasteiger partial charge in [-0.3, -0.25) is 9.59 Å². The number of hydrogen-bond acceptors (Lipinski definition) is 5. The molecule has 2 aliphatic rings. The van der Waals surface area contributed by atoms with Crippen molar-refractivity contribution in [1.82, 2.24) is 30.2 Å². The summed E-state index contributed by atoms with van der Waals surface area (Å²) in [7, 11) is 0. The van der Waals surface area contributed by atoms with Crippen LogP contribution in [0.3, 0.4) is 0 Å². The van der Waals surface area contributed by atoms with Gasteiger partial charge in [-0.2, -0.15) is 14.6 Å². The first kappa shape index (κ1) is 20.5. The van der Waals surface area contributed by atoms with Gasteiger partial charge < -0.3 is 10.6 Å². The number of carbonyl (C=O) groups excluding carboxylic acids is 2. The van der Waals surface area contributed by atoms with Gasteiger partial charge in [-0.15, -0.1) is 0 Å². The number of nitrogens with zero attached hydrogens (tertiary/aromatic N) is 4. The molecule has 3 atom stereocenters. The average molecular weight is 436 g/mol. The van der Waals surface area contributed by atoms with Crippen LogP contribution in [0.4, 0.5) is 4.39 Å². The highest BCUT2D eigenvalue weighted by Gasteiger charge is 2.39. The van der Waals surface area contributed by atoms with E-state index < -0.39 is 5.91 Å². The lowest BCUT2D eigenvalue weighted by atomic mass is 9.89. The van der Waals surface area contributed by atoms with Crippen molar-refractivity contribution in [1.29, 1.82) is 0 Å². The van der Waals surface area contributed by atoms with Crippen molar-refractivity contribution < 1.29 is 14.0 Å². The molecule has 166 valence electrons. The summed E-state index contributed by atoms with van der Waals surface area (Å²) in [5.41, 5.74) is 1.58. The number of halogens is 1. The third-order valence-corrected chi connectivity index (χ3v) is 6.80. The molecular formula is C23H25FN6O2. The van der Waals surface area contributed by atoms with Gasteiger partial charge in [0.1, 0.15) is 23.5 Å². The lowest BCUT2D eigenvalue weighted by Gasteiger charge is -2.21. The summed E-state index contributed by atoms with van der Waals surface area (Å²) in [5, 5.41) is 9.87. The van der Waals surface area contributed by atoms with E-state index in [2.05, 4.69) is 25.7 Å². The Bertz CT molecular complexity index is 1190. The van der Waals surface area contributed by atoms with E-state index in [4.69, 9.17) is 0 Å². The Kier molecular flexibility index (Phi) is 5.32. The van der Waals surface area contributed by atoms with Crippen LogP contribution < -0.4 is 10.6 Å². The topological polar surface area (TPSA) is 101 Å². The zero-order valence-electron chi connectivity index (χ0n) is 17.8. The van der Waals surface area contributed by atoms with E-state index >= 15 is 0 Å². The molecule has 2 N–H and O–H groups in total. The van der Waals surface area contributed by atoms with E-state index in [-0.39, 0.29) is 35.4 Å². The third-order valence-electron chi connectivity index (χ3n) is 6.80. The van der Waals surface area contributed by atoms with Crippen LogP contribution in [0, 0.1) is 30.5 Å². The summed E-state index contributed by atoms with van der Waals surface area (Å²) in [4.78, 5) is 34.0. The van der Waals surface area contributed by atoms with Gasteiger partial charge in [0.05, 0.1) is 0 Å². The Morgan fingerprint density at radius 1 is 1.16 bits per heavy atom. The highest BCUT2D eigenvalue weighted by Crippen LogP contribution is 2.47. The lowest BCUT2D eigenvalue weighted by Crippen LogP contribution is -2.33. The standard InChI is InChI=1S/C23H25FN6O2/c1-13-6-15(3-5-18(13)24)10-25-21(31)19-9-20(30-23(29-19)27-12-28-30)22(32)26-11-17-8-14-2-4-16(17)7-14/h3,5-6,9,12,14,16-17H,2,4,7-8,10-11H2,1H3,(H,25,31)(H,26,32)/t14-,16+,17?/m0/s1. The minimum atomic E-state index is -0.445. The smallest absolute Gasteiger partial charge is 0.270 e. The van der Waals surface area contributed by atoms with E-state index in [0.717, 1.165) is 11.5 Å². The Morgan fingerprint density at radius 3 is 2.78 bits per heavy atom. The molecule has 2 aliphatic carbocycles. The summed E-state index contributed by atoms with van der Waals surface area (Å²) in [6.45, 7) is 2.51. The number of aromatic nitrogens is 4. The van der Waals surface area contributed by atoms with E-state index in [0.29, 0.717) is 23.9 Å². The summed E-state index contributed by atoms with van der Waals surface area (Å²) in [6.07, 6.45) is 6.33. The van der Waals surface area contributed by atoms with Gasteiger partial charge in [0.15, 0.2) is 0 Å². The van der Waals surface area contributed by atoms with Crippen LogP contribution in [-0.4, -0.2) is 37.9 Å². The first-order valence-corrected chi connectivity index (χ1v) is 11.0. The number of nitrogens with one attached hydrogen (secondary N) is 2. The number of amides is 2. The molecule has 2 fully saturated rings. The Labute approximate surface area is 184 Å². The maximum Gasteiger partial charge on any atom is 0.270 e. The van der Waals surface area contributed by atoms with Crippen LogP contribution in [0.25, 0.3) is 5.78 Å². The van der Waals surface area contributed by atoms with Crippen LogP contribution in [-0.2, 0) is 6.54 Å². The van der Waals surface area contributed by atoms with Gasteiger partial charge in [0, 0.05) is 19.2 Å². The van der Waals surface area contributed by atoms with Crippen LogP contribution in [0.5, 0.6) is 0 Å². The monoisotopic (exact) mass is 436 g/mol. The quantitative estimate of drug-likeness (QED) is 0.619. The number of aryl methyl sites for hydroxylation is 1. The molecule has 2 heterocycles. The van der Waals surface area contributed by atoms with Gasteiger partial charge in [0.2, 0.25) is 0 Å². The fourth-order valence-corrected chi connectivity index (χ4v) is 5.12. The number of rotatable bonds is 6. The Morgan fingerprint density at radius 2 is 2.03 bits per heavy atom. The van der Waals surface area contributed by atoms with Crippen LogP contribution in [0.15, 0.2) is 30.6 Å². The average Bonchev–Trinajstić information content (AvgIpc) is 3.54. The number of benzene rings is 1. The number of carbonyl (C=O) groups is 2. The van der Waals surface area contributed by atoms with Crippen molar-refractivity contribution >= 4 is 17.6 Å². The van der Waals surface area contributed by atoms with E-state index in [1.54, 1.807) is 19.1 Å². The fourth-order valence-electron chi connectivity index (χ4n) is 5.12. The summed E-state index contributed by atoms with van der Waals surface area (Å²) in [5.74, 6) is 1.19. The third kappa shape index (κ3) is 3.94. The molecule has 2 aromatic heterocycles. The lowest BCUT2D eigenvalue weighted by molar-refractivity contribution is 0.0934. The maximum absolute atomic E-state index is 13.5. The van der Waals surface area contributed by atoms with Gasteiger partial charge in [-0.1, -0.05) is 18.6 Å². The van der Waals surface area contributed by atoms with E-state index in [1.807, 2.05) is 0 Å². The minimum Gasteiger partial charge on any atom is -0.350 e. The predicted octanol–water partition coefficient (Wildman–Crippen LogP) is 2.67. The molecule has 0 spiro atoms. The van der Waals surface area contributed by atoms with Crippen molar-refractivity contribution in [2.45, 2.75) is 39.2 Å². The van der Waals surface area contributed by atoms with Gasteiger partial charge in [-0.05, 0) is 61.1 Å². The second-order valence-electron chi connectivity index (χ2n) is 8.91. The molecule has 9 heteroatoms. The molecule has 2 bridgehead atoms. The molecule has 2 saturated carbocycles. The number of hydrogen-bond donors (Lipinski definition) is 2. The van der Waals surface area contributed by atoms with Crippen molar-refractivity contribution in [2.75, 3.05) is 6.54 Å². The molecule has 8 nitrogen and oxygen atoms in total. The molecule has 1 aromatic carbocycles. The Hall–Kier alpha value is -3.36.